The summed E-state index contributed by atoms with van der Waals surface area (Å²) in [4.78, 5) is 4.44. The van der Waals surface area contributed by atoms with Gasteiger partial charge in [0.2, 0.25) is 0 Å². The van der Waals surface area contributed by atoms with Crippen LogP contribution in [-0.2, 0) is 4.74 Å². The maximum absolute atomic E-state index is 5.63. The largest absolute Gasteiger partial charge is 0.375 e. The second kappa shape index (κ2) is 10.6. The number of methoxy groups -OCH3 is 1. The molecule has 1 unspecified atom stereocenters. The van der Waals surface area contributed by atoms with Crippen LogP contribution in [0.1, 0.15) is 31.1 Å². The number of ether oxygens (including phenoxy) is 1. The molecule has 0 heterocycles. The molecule has 27 heavy (non-hydrogen) atoms. The molecule has 0 bridgehead atoms. The summed E-state index contributed by atoms with van der Waals surface area (Å²) in [5, 5.41) is 0. The molecule has 0 aromatic heterocycles. The molecule has 0 saturated heterocycles. The average molecular weight is 365 g/mol. The Morgan fingerprint density at radius 1 is 0.815 bits per heavy atom. The van der Waals surface area contributed by atoms with E-state index in [0.717, 1.165) is 18.7 Å². The van der Waals surface area contributed by atoms with Crippen molar-refractivity contribution in [3.8, 4) is 0 Å². The molecule has 0 aliphatic rings. The fourth-order valence-corrected chi connectivity index (χ4v) is 2.78. The lowest BCUT2D eigenvalue weighted by atomic mass is 10.1. The Morgan fingerprint density at radius 3 is 1.81 bits per heavy atom. The molecule has 2 rings (SSSR count). The lowest BCUT2D eigenvalue weighted by Gasteiger charge is -2.18. The van der Waals surface area contributed by atoms with Crippen LogP contribution in [0, 0.1) is 0 Å². The highest BCUT2D eigenvalue weighted by Gasteiger charge is 2.06. The van der Waals surface area contributed by atoms with Gasteiger partial charge < -0.3 is 14.5 Å². The highest BCUT2D eigenvalue weighted by Crippen LogP contribution is 2.22. The Morgan fingerprint density at radius 2 is 1.33 bits per heavy atom. The van der Waals surface area contributed by atoms with E-state index in [9.17, 15) is 0 Å². The van der Waals surface area contributed by atoms with E-state index in [2.05, 4.69) is 105 Å². The minimum absolute atomic E-state index is 0.0452. The van der Waals surface area contributed by atoms with Crippen molar-refractivity contribution in [2.24, 2.45) is 0 Å². The zero-order chi connectivity index (χ0) is 19.6. The summed E-state index contributed by atoms with van der Waals surface area (Å²) in [5.74, 6) is 0. The van der Waals surface area contributed by atoms with Gasteiger partial charge in [-0.2, -0.15) is 0 Å². The summed E-state index contributed by atoms with van der Waals surface area (Å²) in [6.45, 7) is 6.30. The van der Waals surface area contributed by atoms with Crippen molar-refractivity contribution in [2.45, 2.75) is 20.0 Å². The SMILES string of the molecule is CCN(C)c1ccc(C=CC=CC(OC)c2ccc(N(C)CC)cc2)cc1. The fraction of sp³-hybridized carbons (Fsp3) is 0.333. The summed E-state index contributed by atoms with van der Waals surface area (Å²) in [6.07, 6.45) is 8.25. The van der Waals surface area contributed by atoms with Gasteiger partial charge in [0.1, 0.15) is 6.10 Å². The number of rotatable bonds is 9. The van der Waals surface area contributed by atoms with E-state index in [1.54, 1.807) is 7.11 Å². The molecular weight excluding hydrogens is 332 g/mol. The van der Waals surface area contributed by atoms with Gasteiger partial charge in [0, 0.05) is 45.7 Å². The third-order valence-electron chi connectivity index (χ3n) is 4.88. The molecule has 3 nitrogen and oxygen atoms in total. The molecule has 3 heteroatoms. The Balaban J connectivity index is 1.99. The Kier molecular flexibility index (Phi) is 8.15. The van der Waals surface area contributed by atoms with Gasteiger partial charge in [-0.1, -0.05) is 48.6 Å². The van der Waals surface area contributed by atoms with Crippen molar-refractivity contribution in [1.29, 1.82) is 0 Å². The van der Waals surface area contributed by atoms with Crippen molar-refractivity contribution in [1.82, 2.24) is 0 Å². The van der Waals surface area contributed by atoms with Crippen molar-refractivity contribution >= 4 is 17.5 Å². The van der Waals surface area contributed by atoms with E-state index >= 15 is 0 Å². The van der Waals surface area contributed by atoms with E-state index in [1.807, 2.05) is 6.08 Å². The number of nitrogens with zero attached hydrogens (tertiary/aromatic N) is 2. The van der Waals surface area contributed by atoms with Gasteiger partial charge in [-0.25, -0.2) is 0 Å². The van der Waals surface area contributed by atoms with Gasteiger partial charge in [-0.05, 0) is 49.2 Å². The molecule has 2 aromatic carbocycles. The summed E-state index contributed by atoms with van der Waals surface area (Å²) in [5.41, 5.74) is 4.80. The molecule has 0 fully saturated rings. The van der Waals surface area contributed by atoms with Crippen LogP contribution in [0.25, 0.3) is 6.08 Å². The third kappa shape index (κ3) is 6.00. The summed E-state index contributed by atoms with van der Waals surface area (Å²) in [6, 6.07) is 17.1. The molecule has 2 aromatic rings. The van der Waals surface area contributed by atoms with Crippen LogP contribution in [0.4, 0.5) is 11.4 Å². The second-order valence-corrected chi connectivity index (χ2v) is 6.61. The van der Waals surface area contributed by atoms with Crippen LogP contribution in [0.3, 0.4) is 0 Å². The number of anilines is 2. The first-order valence-corrected chi connectivity index (χ1v) is 9.59. The monoisotopic (exact) mass is 364 g/mol. The van der Waals surface area contributed by atoms with Crippen LogP contribution in [-0.4, -0.2) is 34.3 Å². The first-order valence-electron chi connectivity index (χ1n) is 9.59. The molecule has 0 saturated carbocycles. The number of allylic oxidation sites excluding steroid dienone is 2. The average Bonchev–Trinajstić information content (AvgIpc) is 2.73. The zero-order valence-corrected chi connectivity index (χ0v) is 17.2. The molecule has 144 valence electrons. The van der Waals surface area contributed by atoms with Gasteiger partial charge in [-0.15, -0.1) is 0 Å². The van der Waals surface area contributed by atoms with Crippen LogP contribution in [0.2, 0.25) is 0 Å². The van der Waals surface area contributed by atoms with Crippen LogP contribution < -0.4 is 9.80 Å². The summed E-state index contributed by atoms with van der Waals surface area (Å²) < 4.78 is 5.63. The molecule has 1 atom stereocenters. The predicted molar refractivity (Wildman–Crippen MR) is 119 cm³/mol. The third-order valence-corrected chi connectivity index (χ3v) is 4.88. The molecule has 0 N–H and O–H groups in total. The molecule has 0 amide bonds. The van der Waals surface area contributed by atoms with Crippen molar-refractivity contribution < 1.29 is 4.74 Å². The van der Waals surface area contributed by atoms with E-state index in [0.29, 0.717) is 0 Å². The summed E-state index contributed by atoms with van der Waals surface area (Å²) in [7, 11) is 5.94. The van der Waals surface area contributed by atoms with Gasteiger partial charge in [0.15, 0.2) is 0 Å². The van der Waals surface area contributed by atoms with Crippen molar-refractivity contribution in [2.75, 3.05) is 44.1 Å². The van der Waals surface area contributed by atoms with Crippen molar-refractivity contribution in [3.63, 3.8) is 0 Å². The quantitative estimate of drug-likeness (QED) is 0.542. The van der Waals surface area contributed by atoms with E-state index in [1.165, 1.54) is 16.9 Å². The van der Waals surface area contributed by atoms with Gasteiger partial charge in [0.25, 0.3) is 0 Å². The Labute approximate surface area is 164 Å². The van der Waals surface area contributed by atoms with Gasteiger partial charge in [-0.3, -0.25) is 0 Å². The minimum atomic E-state index is -0.0452. The van der Waals surface area contributed by atoms with Gasteiger partial charge in [0.05, 0.1) is 0 Å². The normalized spacial score (nSPS) is 12.6. The van der Waals surface area contributed by atoms with E-state index in [-0.39, 0.29) is 6.10 Å². The highest BCUT2D eigenvalue weighted by molar-refractivity contribution is 5.56. The second-order valence-electron chi connectivity index (χ2n) is 6.61. The topological polar surface area (TPSA) is 15.7 Å². The van der Waals surface area contributed by atoms with E-state index < -0.39 is 0 Å². The lowest BCUT2D eigenvalue weighted by Crippen LogP contribution is -2.15. The first kappa shape index (κ1) is 20.8. The molecule has 0 spiro atoms. The van der Waals surface area contributed by atoms with Crippen LogP contribution in [0.15, 0.2) is 66.8 Å². The smallest absolute Gasteiger partial charge is 0.101 e. The number of benzene rings is 2. The maximum Gasteiger partial charge on any atom is 0.101 e. The van der Waals surface area contributed by atoms with Crippen molar-refractivity contribution in [3.05, 3.63) is 77.9 Å². The predicted octanol–water partition coefficient (Wildman–Crippen LogP) is 5.56. The van der Waals surface area contributed by atoms with E-state index in [4.69, 9.17) is 4.74 Å². The first-order chi connectivity index (χ1) is 13.1. The molecule has 0 aliphatic heterocycles. The number of hydrogen-bond donors (Lipinski definition) is 0. The highest BCUT2D eigenvalue weighted by atomic mass is 16.5. The molecule has 0 radical (unpaired) electrons. The zero-order valence-electron chi connectivity index (χ0n) is 17.2. The lowest BCUT2D eigenvalue weighted by molar-refractivity contribution is 0.143. The fourth-order valence-electron chi connectivity index (χ4n) is 2.78. The van der Waals surface area contributed by atoms with Gasteiger partial charge >= 0.3 is 0 Å². The Bertz CT molecular complexity index is 732. The molecule has 0 aliphatic carbocycles. The Hall–Kier alpha value is -2.52. The minimum Gasteiger partial charge on any atom is -0.375 e. The molecular formula is C24H32N2O. The standard InChI is InChI=1S/C24H32N2O/c1-6-25(3)22-16-12-20(13-17-22)10-8-9-11-24(27-5)21-14-18-23(19-15-21)26(4)7-2/h8-19,24H,6-7H2,1-5H3. The van der Waals surface area contributed by atoms with Crippen LogP contribution >= 0.6 is 0 Å². The van der Waals surface area contributed by atoms with Crippen LogP contribution in [0.5, 0.6) is 0 Å². The summed E-state index contributed by atoms with van der Waals surface area (Å²) >= 11 is 0. The maximum atomic E-state index is 5.63. The number of hydrogen-bond acceptors (Lipinski definition) is 3.